The first-order chi connectivity index (χ1) is 29.2. The van der Waals surface area contributed by atoms with Crippen molar-refractivity contribution in [3.63, 3.8) is 0 Å². The maximum absolute atomic E-state index is 6.89. The standard InChI is InChI=1S/C55H35N3O/c1-3-13-37(14-4-1)53-56-54(38-15-5-2-6-16-38)58-55(57-53)42-26-28-51-49(31-42)50-33-43(39-25-27-46-40(29-39)23-21-34-11-7-9-17-44(34)46)32-48(52(50)59-51)41-24-22-36-20-19-35-12-8-10-18-45(35)47(36)30-41/h1-33,53H,(H,56,57,58). The van der Waals surface area contributed by atoms with Gasteiger partial charge in [0.1, 0.15) is 23.2 Å². The molecule has 0 saturated heterocycles. The first-order valence-corrected chi connectivity index (χ1v) is 20.1. The van der Waals surface area contributed by atoms with Crippen LogP contribution in [0, 0.1) is 0 Å². The predicted octanol–water partition coefficient (Wildman–Crippen LogP) is 14.0. The van der Waals surface area contributed by atoms with E-state index in [0.29, 0.717) is 5.84 Å². The lowest BCUT2D eigenvalue weighted by atomic mass is 9.92. The molecule has 1 unspecified atom stereocenters. The maximum Gasteiger partial charge on any atom is 0.159 e. The van der Waals surface area contributed by atoms with Gasteiger partial charge < -0.3 is 9.73 Å². The Bertz CT molecular complexity index is 3530. The highest BCUT2D eigenvalue weighted by Gasteiger charge is 2.23. The highest BCUT2D eigenvalue weighted by Crippen LogP contribution is 2.42. The zero-order chi connectivity index (χ0) is 38.9. The highest BCUT2D eigenvalue weighted by atomic mass is 16.3. The van der Waals surface area contributed by atoms with Crippen LogP contribution in [0.15, 0.2) is 215 Å². The van der Waals surface area contributed by atoms with Crippen molar-refractivity contribution in [3.8, 4) is 22.3 Å². The molecule has 2 heterocycles. The number of amidine groups is 2. The molecule has 10 aromatic carbocycles. The van der Waals surface area contributed by atoms with Crippen molar-refractivity contribution in [3.05, 3.63) is 217 Å². The topological polar surface area (TPSA) is 49.9 Å². The van der Waals surface area contributed by atoms with Gasteiger partial charge >= 0.3 is 0 Å². The summed E-state index contributed by atoms with van der Waals surface area (Å²) < 4.78 is 6.89. The average Bonchev–Trinajstić information content (AvgIpc) is 3.69. The molecule has 1 aliphatic rings. The van der Waals surface area contributed by atoms with E-state index in [-0.39, 0.29) is 6.17 Å². The second-order valence-corrected chi connectivity index (χ2v) is 15.4. The van der Waals surface area contributed by atoms with E-state index in [1.165, 1.54) is 43.1 Å². The third kappa shape index (κ3) is 5.68. The molecule has 4 nitrogen and oxygen atoms in total. The van der Waals surface area contributed by atoms with Gasteiger partial charge in [-0.25, -0.2) is 9.98 Å². The number of fused-ring (bicyclic) bond motifs is 9. The van der Waals surface area contributed by atoms with Gasteiger partial charge in [-0.15, -0.1) is 0 Å². The summed E-state index contributed by atoms with van der Waals surface area (Å²) in [5, 5.41) is 15.6. The predicted molar refractivity (Wildman–Crippen MR) is 246 cm³/mol. The normalized spacial score (nSPS) is 14.3. The van der Waals surface area contributed by atoms with Crippen molar-refractivity contribution in [2.75, 3.05) is 0 Å². The number of nitrogens with one attached hydrogen (secondary N) is 1. The molecular weight excluding hydrogens is 719 g/mol. The van der Waals surface area contributed by atoms with E-state index in [1.54, 1.807) is 0 Å². The molecule has 0 radical (unpaired) electrons. The molecule has 0 fully saturated rings. The van der Waals surface area contributed by atoms with Crippen molar-refractivity contribution >= 4 is 76.7 Å². The maximum atomic E-state index is 6.89. The fraction of sp³-hybridized carbons (Fsp3) is 0.0182. The lowest BCUT2D eigenvalue weighted by Gasteiger charge is -2.23. The van der Waals surface area contributed by atoms with Gasteiger partial charge in [-0.3, -0.25) is 0 Å². The molecule has 59 heavy (non-hydrogen) atoms. The van der Waals surface area contributed by atoms with Gasteiger partial charge in [0.2, 0.25) is 0 Å². The molecule has 276 valence electrons. The summed E-state index contributed by atoms with van der Waals surface area (Å²) in [6, 6.07) is 71.3. The monoisotopic (exact) mass is 753 g/mol. The first kappa shape index (κ1) is 33.3. The molecule has 0 amide bonds. The fourth-order valence-corrected chi connectivity index (χ4v) is 8.89. The van der Waals surface area contributed by atoms with Gasteiger partial charge in [-0.1, -0.05) is 158 Å². The third-order valence-corrected chi connectivity index (χ3v) is 11.9. The van der Waals surface area contributed by atoms with Gasteiger partial charge in [0, 0.05) is 27.5 Å². The van der Waals surface area contributed by atoms with Crippen LogP contribution in [0.2, 0.25) is 0 Å². The minimum atomic E-state index is -0.289. The van der Waals surface area contributed by atoms with Crippen LogP contribution < -0.4 is 5.32 Å². The SMILES string of the molecule is c1ccc(C2=NC(c3ccccc3)NC(c3ccc4oc5c(-c6ccc7ccc8ccccc8c7c6)cc(-c6ccc7c(ccc8ccccc87)c6)cc5c4c3)=N2)cc1. The van der Waals surface area contributed by atoms with Crippen LogP contribution in [0.1, 0.15) is 22.9 Å². The molecule has 1 atom stereocenters. The summed E-state index contributed by atoms with van der Waals surface area (Å²) >= 11 is 0. The van der Waals surface area contributed by atoms with Crippen molar-refractivity contribution in [2.24, 2.45) is 9.98 Å². The zero-order valence-electron chi connectivity index (χ0n) is 31.9. The molecule has 0 bridgehead atoms. The molecule has 11 aromatic rings. The van der Waals surface area contributed by atoms with E-state index in [1.807, 2.05) is 24.3 Å². The molecule has 1 N–H and O–H groups in total. The minimum absolute atomic E-state index is 0.289. The van der Waals surface area contributed by atoms with Crippen LogP contribution in [-0.4, -0.2) is 11.7 Å². The summed E-state index contributed by atoms with van der Waals surface area (Å²) in [7, 11) is 0. The molecule has 0 aliphatic carbocycles. The molecule has 1 aromatic heterocycles. The van der Waals surface area contributed by atoms with Gasteiger partial charge in [0.25, 0.3) is 0 Å². The molecule has 12 rings (SSSR count). The summed E-state index contributed by atoms with van der Waals surface area (Å²) in [5.74, 6) is 1.46. The van der Waals surface area contributed by atoms with Crippen LogP contribution in [0.4, 0.5) is 0 Å². The van der Waals surface area contributed by atoms with E-state index in [0.717, 1.165) is 66.7 Å². The highest BCUT2D eigenvalue weighted by molar-refractivity contribution is 6.18. The Balaban J connectivity index is 1.07. The number of nitrogens with zero attached hydrogens (tertiary/aromatic N) is 2. The summed E-state index contributed by atoms with van der Waals surface area (Å²) in [4.78, 5) is 10.2. The van der Waals surface area contributed by atoms with E-state index < -0.39 is 0 Å². The summed E-state index contributed by atoms with van der Waals surface area (Å²) in [6.07, 6.45) is -0.289. The smallest absolute Gasteiger partial charge is 0.159 e. The van der Waals surface area contributed by atoms with Crippen LogP contribution >= 0.6 is 0 Å². The quantitative estimate of drug-likeness (QED) is 0.178. The van der Waals surface area contributed by atoms with Gasteiger partial charge in [0.05, 0.1) is 0 Å². The summed E-state index contributed by atoms with van der Waals surface area (Å²) in [5.41, 5.74) is 9.15. The Morgan fingerprint density at radius 2 is 0.983 bits per heavy atom. The molecule has 1 aliphatic heterocycles. The van der Waals surface area contributed by atoms with Crippen molar-refractivity contribution in [2.45, 2.75) is 6.17 Å². The Kier molecular flexibility index (Phi) is 7.57. The Hall–Kier alpha value is -7.82. The summed E-state index contributed by atoms with van der Waals surface area (Å²) in [6.45, 7) is 0. The second kappa shape index (κ2) is 13.4. The molecular formula is C55H35N3O. The Labute approximate surface area is 340 Å². The van der Waals surface area contributed by atoms with Gasteiger partial charge in [0.15, 0.2) is 5.84 Å². The van der Waals surface area contributed by atoms with E-state index in [2.05, 4.69) is 181 Å². The molecule has 0 spiro atoms. The molecule has 0 saturated carbocycles. The van der Waals surface area contributed by atoms with E-state index >= 15 is 0 Å². The first-order valence-electron chi connectivity index (χ1n) is 20.1. The van der Waals surface area contributed by atoms with Crippen LogP contribution in [-0.2, 0) is 0 Å². The van der Waals surface area contributed by atoms with Gasteiger partial charge in [-0.2, -0.15) is 0 Å². The lowest BCUT2D eigenvalue weighted by molar-refractivity contribution is 0.669. The molecule has 4 heteroatoms. The largest absolute Gasteiger partial charge is 0.455 e. The van der Waals surface area contributed by atoms with Crippen LogP contribution in [0.3, 0.4) is 0 Å². The van der Waals surface area contributed by atoms with Crippen molar-refractivity contribution in [1.82, 2.24) is 5.32 Å². The van der Waals surface area contributed by atoms with Crippen LogP contribution in [0.5, 0.6) is 0 Å². The third-order valence-electron chi connectivity index (χ3n) is 11.9. The van der Waals surface area contributed by atoms with E-state index in [9.17, 15) is 0 Å². The van der Waals surface area contributed by atoms with Crippen molar-refractivity contribution in [1.29, 1.82) is 0 Å². The lowest BCUT2D eigenvalue weighted by Crippen LogP contribution is -2.33. The number of hydrogen-bond donors (Lipinski definition) is 1. The Morgan fingerprint density at radius 1 is 0.390 bits per heavy atom. The second-order valence-electron chi connectivity index (χ2n) is 15.4. The van der Waals surface area contributed by atoms with Crippen LogP contribution in [0.25, 0.3) is 87.3 Å². The average molecular weight is 754 g/mol. The minimum Gasteiger partial charge on any atom is -0.455 e. The van der Waals surface area contributed by atoms with Gasteiger partial charge in [-0.05, 0) is 108 Å². The number of aliphatic imine (C=N–C) groups is 2. The van der Waals surface area contributed by atoms with Crippen molar-refractivity contribution < 1.29 is 4.42 Å². The number of hydrogen-bond acceptors (Lipinski definition) is 4. The Morgan fingerprint density at radius 3 is 1.78 bits per heavy atom. The van der Waals surface area contributed by atoms with E-state index in [4.69, 9.17) is 14.4 Å². The number of benzene rings is 10. The number of furan rings is 1. The zero-order valence-corrected chi connectivity index (χ0v) is 31.9. The fourth-order valence-electron chi connectivity index (χ4n) is 8.89. The number of rotatable bonds is 5.